The van der Waals surface area contributed by atoms with Crippen molar-refractivity contribution >= 4 is 33.3 Å². The molecule has 0 aliphatic carbocycles. The highest BCUT2D eigenvalue weighted by Gasteiger charge is 2.25. The minimum absolute atomic E-state index is 0.00523. The average Bonchev–Trinajstić information content (AvgIpc) is 2.40. The summed E-state index contributed by atoms with van der Waals surface area (Å²) in [7, 11) is -2.43. The van der Waals surface area contributed by atoms with Crippen molar-refractivity contribution in [2.45, 2.75) is 25.2 Å². The Labute approximate surface area is 129 Å². The van der Waals surface area contributed by atoms with Crippen LogP contribution < -0.4 is 5.73 Å². The second kappa shape index (κ2) is 7.11. The van der Waals surface area contributed by atoms with Gasteiger partial charge in [0.2, 0.25) is 10.0 Å². The van der Waals surface area contributed by atoms with Gasteiger partial charge in [-0.2, -0.15) is 0 Å². The number of hydrogen-bond donors (Lipinski definition) is 1. The summed E-state index contributed by atoms with van der Waals surface area (Å²) in [5, 5.41) is 0.102. The van der Waals surface area contributed by atoms with E-state index >= 15 is 0 Å². The van der Waals surface area contributed by atoms with Gasteiger partial charge >= 0.3 is 5.97 Å². The number of carbonyl (C=O) groups excluding carboxylic acids is 1. The smallest absolute Gasteiger partial charge is 0.307 e. The number of sulfonamides is 1. The van der Waals surface area contributed by atoms with E-state index in [9.17, 15) is 13.2 Å². The van der Waals surface area contributed by atoms with Crippen LogP contribution in [-0.2, 0) is 19.6 Å². The van der Waals surface area contributed by atoms with E-state index in [0.29, 0.717) is 11.3 Å². The summed E-state index contributed by atoms with van der Waals surface area (Å²) in [5.74, 6) is -0.450. The summed E-state index contributed by atoms with van der Waals surface area (Å²) in [6.07, 6.45) is -0.0253. The standard InChI is InChI=1S/C13H19ClN2O4S/c1-4-20-13(17)5-6-16(3)21(18,19)12-8-11(15)9(2)7-10(12)14/h7-8H,4-6,15H2,1-3H3. The van der Waals surface area contributed by atoms with Gasteiger partial charge in [0.1, 0.15) is 4.90 Å². The SMILES string of the molecule is CCOC(=O)CCN(C)S(=O)(=O)c1cc(N)c(C)cc1Cl. The number of aryl methyl sites for hydroxylation is 1. The van der Waals surface area contributed by atoms with Crippen LogP contribution in [0, 0.1) is 6.92 Å². The molecule has 1 aromatic rings. The van der Waals surface area contributed by atoms with Crippen LogP contribution in [0.5, 0.6) is 0 Å². The Morgan fingerprint density at radius 1 is 1.43 bits per heavy atom. The summed E-state index contributed by atoms with van der Waals surface area (Å²) in [4.78, 5) is 11.2. The first-order valence-electron chi connectivity index (χ1n) is 6.37. The van der Waals surface area contributed by atoms with Gasteiger partial charge in [0, 0.05) is 19.3 Å². The van der Waals surface area contributed by atoms with Gasteiger partial charge in [-0.3, -0.25) is 4.79 Å². The number of nitrogens with two attached hydrogens (primary N) is 1. The largest absolute Gasteiger partial charge is 0.466 e. The van der Waals surface area contributed by atoms with Crippen molar-refractivity contribution in [3.05, 3.63) is 22.7 Å². The Balaban J connectivity index is 2.95. The molecule has 0 saturated heterocycles. The van der Waals surface area contributed by atoms with Crippen LogP contribution in [0.4, 0.5) is 5.69 Å². The zero-order valence-corrected chi connectivity index (χ0v) is 13.8. The predicted octanol–water partition coefficient (Wildman–Crippen LogP) is 1.80. The van der Waals surface area contributed by atoms with E-state index in [4.69, 9.17) is 22.1 Å². The van der Waals surface area contributed by atoms with E-state index in [1.54, 1.807) is 13.8 Å². The van der Waals surface area contributed by atoms with Gasteiger partial charge in [-0.1, -0.05) is 11.6 Å². The molecule has 0 bridgehead atoms. The van der Waals surface area contributed by atoms with Gasteiger partial charge in [0.05, 0.1) is 18.1 Å². The molecule has 0 aromatic heterocycles. The lowest BCUT2D eigenvalue weighted by Gasteiger charge is -2.18. The van der Waals surface area contributed by atoms with Gasteiger partial charge in [0.15, 0.2) is 0 Å². The maximum absolute atomic E-state index is 12.4. The molecule has 21 heavy (non-hydrogen) atoms. The first kappa shape index (κ1) is 17.7. The highest BCUT2D eigenvalue weighted by Crippen LogP contribution is 2.28. The van der Waals surface area contributed by atoms with E-state index in [1.807, 2.05) is 0 Å². The third-order valence-electron chi connectivity index (χ3n) is 2.94. The van der Waals surface area contributed by atoms with Gasteiger partial charge in [-0.05, 0) is 31.5 Å². The zero-order valence-electron chi connectivity index (χ0n) is 12.2. The van der Waals surface area contributed by atoms with Crippen LogP contribution in [0.25, 0.3) is 0 Å². The van der Waals surface area contributed by atoms with Gasteiger partial charge < -0.3 is 10.5 Å². The molecule has 0 saturated carbocycles. The summed E-state index contributed by atoms with van der Waals surface area (Å²) in [5.41, 5.74) is 6.78. The second-order valence-electron chi connectivity index (χ2n) is 4.52. The monoisotopic (exact) mass is 334 g/mol. The van der Waals surface area contributed by atoms with Crippen LogP contribution in [-0.4, -0.2) is 38.9 Å². The molecule has 118 valence electrons. The van der Waals surface area contributed by atoms with Crippen LogP contribution in [0.2, 0.25) is 5.02 Å². The molecule has 1 rings (SSSR count). The lowest BCUT2D eigenvalue weighted by Crippen LogP contribution is -2.30. The number of benzene rings is 1. The van der Waals surface area contributed by atoms with Crippen LogP contribution in [0.1, 0.15) is 18.9 Å². The topological polar surface area (TPSA) is 89.7 Å². The van der Waals surface area contributed by atoms with Crippen molar-refractivity contribution in [2.75, 3.05) is 25.9 Å². The lowest BCUT2D eigenvalue weighted by atomic mass is 10.2. The summed E-state index contributed by atoms with van der Waals surface area (Å²) >= 11 is 5.99. The Morgan fingerprint density at radius 3 is 2.62 bits per heavy atom. The molecule has 8 heteroatoms. The number of esters is 1. The highest BCUT2D eigenvalue weighted by molar-refractivity contribution is 7.89. The maximum atomic E-state index is 12.4. The first-order valence-corrected chi connectivity index (χ1v) is 8.19. The van der Waals surface area contributed by atoms with Crippen molar-refractivity contribution in [3.8, 4) is 0 Å². The summed E-state index contributed by atoms with van der Waals surface area (Å²) in [6.45, 7) is 3.69. The number of ether oxygens (including phenoxy) is 1. The molecule has 0 amide bonds. The summed E-state index contributed by atoms with van der Waals surface area (Å²) < 4.78 is 30.7. The van der Waals surface area contributed by atoms with Crippen molar-refractivity contribution in [1.82, 2.24) is 4.31 Å². The van der Waals surface area contributed by atoms with E-state index in [1.165, 1.54) is 19.2 Å². The third-order valence-corrected chi connectivity index (χ3v) is 5.27. The van der Waals surface area contributed by atoms with Gasteiger partial charge in [0.25, 0.3) is 0 Å². The quantitative estimate of drug-likeness (QED) is 0.633. The van der Waals surface area contributed by atoms with Crippen LogP contribution in [0.15, 0.2) is 17.0 Å². The number of anilines is 1. The Hall–Kier alpha value is -1.31. The number of nitrogen functional groups attached to an aromatic ring is 1. The van der Waals surface area contributed by atoms with Crippen molar-refractivity contribution < 1.29 is 17.9 Å². The maximum Gasteiger partial charge on any atom is 0.307 e. The predicted molar refractivity (Wildman–Crippen MR) is 81.7 cm³/mol. The highest BCUT2D eigenvalue weighted by atomic mass is 35.5. The molecule has 1 aromatic carbocycles. The number of halogens is 1. The molecule has 6 nitrogen and oxygen atoms in total. The fourth-order valence-electron chi connectivity index (χ4n) is 1.64. The van der Waals surface area contributed by atoms with Crippen molar-refractivity contribution in [2.24, 2.45) is 0 Å². The van der Waals surface area contributed by atoms with E-state index in [0.717, 1.165) is 4.31 Å². The molecule has 0 spiro atoms. The molecule has 2 N–H and O–H groups in total. The molecule has 0 radical (unpaired) electrons. The lowest BCUT2D eigenvalue weighted by molar-refractivity contribution is -0.143. The normalized spacial score (nSPS) is 11.7. The Morgan fingerprint density at radius 2 is 2.05 bits per heavy atom. The molecule has 0 fully saturated rings. The fourth-order valence-corrected chi connectivity index (χ4v) is 3.40. The Kier molecular flexibility index (Phi) is 6.00. The molecule has 0 aliphatic rings. The number of rotatable bonds is 6. The van der Waals surface area contributed by atoms with Gasteiger partial charge in [-0.25, -0.2) is 12.7 Å². The van der Waals surface area contributed by atoms with E-state index < -0.39 is 16.0 Å². The molecule has 0 atom stereocenters. The fraction of sp³-hybridized carbons (Fsp3) is 0.462. The Bertz CT molecular complexity index is 631. The van der Waals surface area contributed by atoms with Crippen molar-refractivity contribution in [1.29, 1.82) is 0 Å². The minimum Gasteiger partial charge on any atom is -0.466 e. The molecular formula is C13H19ClN2O4S. The average molecular weight is 335 g/mol. The molecule has 0 aliphatic heterocycles. The molecule has 0 unspecified atom stereocenters. The van der Waals surface area contributed by atoms with Crippen LogP contribution in [0.3, 0.4) is 0 Å². The number of carbonyl (C=O) groups is 1. The van der Waals surface area contributed by atoms with E-state index in [2.05, 4.69) is 0 Å². The number of hydrogen-bond acceptors (Lipinski definition) is 5. The third kappa shape index (κ3) is 4.33. The van der Waals surface area contributed by atoms with E-state index in [-0.39, 0.29) is 29.5 Å². The minimum atomic E-state index is -3.81. The zero-order chi connectivity index (χ0) is 16.2. The van der Waals surface area contributed by atoms with Crippen LogP contribution >= 0.6 is 11.6 Å². The second-order valence-corrected chi connectivity index (χ2v) is 6.94. The molecule has 0 heterocycles. The summed E-state index contributed by atoms with van der Waals surface area (Å²) in [6, 6.07) is 2.83. The van der Waals surface area contributed by atoms with Gasteiger partial charge in [-0.15, -0.1) is 0 Å². The molecular weight excluding hydrogens is 316 g/mol. The first-order chi connectivity index (χ1) is 9.70. The van der Waals surface area contributed by atoms with Crippen molar-refractivity contribution in [3.63, 3.8) is 0 Å². The number of nitrogens with zero attached hydrogens (tertiary/aromatic N) is 1.